The highest BCUT2D eigenvalue weighted by molar-refractivity contribution is 7.90. The molecule has 1 atom stereocenters. The van der Waals surface area contributed by atoms with Crippen LogP contribution in [0.4, 0.5) is 0 Å². The molecule has 178 valence electrons. The molecule has 0 saturated heterocycles. The summed E-state index contributed by atoms with van der Waals surface area (Å²) in [6.45, 7) is 4.26. The number of sulfone groups is 1. The van der Waals surface area contributed by atoms with Gasteiger partial charge in [-0.25, -0.2) is 23.4 Å². The molecular weight excluding hydrogens is 458 g/mol. The average molecular weight is 484 g/mol. The van der Waals surface area contributed by atoms with E-state index in [0.717, 1.165) is 40.9 Å². The maximum absolute atomic E-state index is 11.6. The number of rotatable bonds is 9. The number of benzene rings is 1. The fourth-order valence-corrected chi connectivity index (χ4v) is 3.76. The second-order valence-electron chi connectivity index (χ2n) is 7.84. The van der Waals surface area contributed by atoms with E-state index in [1.54, 1.807) is 19.4 Å². The van der Waals surface area contributed by atoms with Crippen LogP contribution in [0, 0.1) is 6.92 Å². The molecule has 10 nitrogen and oxygen atoms in total. The van der Waals surface area contributed by atoms with Crippen LogP contribution in [-0.2, 0) is 14.6 Å². The second kappa shape index (κ2) is 9.65. The summed E-state index contributed by atoms with van der Waals surface area (Å²) in [6.07, 6.45) is 5.08. The van der Waals surface area contributed by atoms with E-state index in [4.69, 9.17) is 14.2 Å². The van der Waals surface area contributed by atoms with Crippen molar-refractivity contribution in [1.29, 1.82) is 0 Å². The number of nitrogens with one attached hydrogen (secondary N) is 2. The number of nitrogens with zero attached hydrogens (tertiary/aromatic N) is 3. The Kier molecular flexibility index (Phi) is 6.66. The van der Waals surface area contributed by atoms with Crippen LogP contribution in [0.25, 0.3) is 22.8 Å². The van der Waals surface area contributed by atoms with Crippen LogP contribution >= 0.6 is 0 Å². The summed E-state index contributed by atoms with van der Waals surface area (Å²) < 4.78 is 40.3. The normalized spacial score (nSPS) is 12.5. The van der Waals surface area contributed by atoms with Gasteiger partial charge in [0.15, 0.2) is 20.7 Å². The van der Waals surface area contributed by atoms with E-state index >= 15 is 0 Å². The van der Waals surface area contributed by atoms with Crippen molar-refractivity contribution in [2.24, 2.45) is 0 Å². The zero-order valence-corrected chi connectivity index (χ0v) is 20.0. The van der Waals surface area contributed by atoms with Gasteiger partial charge in [0.2, 0.25) is 5.88 Å². The minimum Gasteiger partial charge on any atom is -0.488 e. The number of H-pyrrole nitrogens is 2. The van der Waals surface area contributed by atoms with Crippen molar-refractivity contribution in [2.45, 2.75) is 25.0 Å². The maximum atomic E-state index is 11.6. The molecule has 0 aliphatic rings. The summed E-state index contributed by atoms with van der Waals surface area (Å²) in [6, 6.07) is 9.31. The molecule has 3 heterocycles. The number of aromatic nitrogens is 5. The molecule has 34 heavy (non-hydrogen) atoms. The van der Waals surface area contributed by atoms with Gasteiger partial charge in [-0.1, -0.05) is 0 Å². The molecule has 1 aromatic carbocycles. The van der Waals surface area contributed by atoms with Crippen molar-refractivity contribution in [2.75, 3.05) is 20.0 Å². The number of aromatic amines is 2. The maximum Gasteiger partial charge on any atom is 0.237 e. The van der Waals surface area contributed by atoms with Crippen molar-refractivity contribution >= 4 is 9.84 Å². The second-order valence-corrected chi connectivity index (χ2v) is 9.81. The van der Waals surface area contributed by atoms with Gasteiger partial charge < -0.3 is 24.2 Å². The van der Waals surface area contributed by atoms with Gasteiger partial charge in [0.05, 0.1) is 24.7 Å². The minimum atomic E-state index is -3.45. The summed E-state index contributed by atoms with van der Waals surface area (Å²) in [7, 11) is -1.84. The highest BCUT2D eigenvalue weighted by Gasteiger charge is 2.14. The molecule has 0 saturated carbocycles. The Morgan fingerprint density at radius 3 is 2.38 bits per heavy atom. The van der Waals surface area contributed by atoms with Crippen LogP contribution in [0.5, 0.6) is 17.4 Å². The summed E-state index contributed by atoms with van der Waals surface area (Å²) in [5.41, 5.74) is 3.45. The van der Waals surface area contributed by atoms with Crippen LogP contribution in [0.1, 0.15) is 12.6 Å². The standard InChI is InChI=1S/C23H25N5O5S/c1-14-10-26-23(27-14)20-6-5-19(28-20)16-7-17(32-15(2)13-31-3)9-18(8-16)33-21-11-25-22(12-24-21)34(4,29)30/h5-12,15,28H,13H2,1-4H3,(H,26,27)/t15-/m0/s1. The van der Waals surface area contributed by atoms with Crippen LogP contribution in [0.3, 0.4) is 0 Å². The third-order valence-electron chi connectivity index (χ3n) is 4.78. The lowest BCUT2D eigenvalue weighted by molar-refractivity contribution is 0.0920. The first-order valence-corrected chi connectivity index (χ1v) is 12.3. The van der Waals surface area contributed by atoms with E-state index in [-0.39, 0.29) is 17.0 Å². The number of hydrogen-bond donors (Lipinski definition) is 2. The van der Waals surface area contributed by atoms with Gasteiger partial charge >= 0.3 is 0 Å². The quantitative estimate of drug-likeness (QED) is 0.368. The summed E-state index contributed by atoms with van der Waals surface area (Å²) in [5.74, 6) is 1.91. The van der Waals surface area contributed by atoms with Gasteiger partial charge in [-0.3, -0.25) is 0 Å². The molecule has 0 aliphatic heterocycles. The Morgan fingerprint density at radius 1 is 0.971 bits per heavy atom. The lowest BCUT2D eigenvalue weighted by Gasteiger charge is -2.16. The lowest BCUT2D eigenvalue weighted by Crippen LogP contribution is -2.17. The van der Waals surface area contributed by atoms with Gasteiger partial charge in [-0.2, -0.15) is 0 Å². The van der Waals surface area contributed by atoms with Gasteiger partial charge in [-0.05, 0) is 38.1 Å². The SMILES string of the molecule is COC[C@H](C)Oc1cc(Oc2cnc(S(C)(=O)=O)cn2)cc(-c2ccc(-c3ncc(C)[nH]3)[nH]2)c1. The predicted molar refractivity (Wildman–Crippen MR) is 126 cm³/mol. The van der Waals surface area contributed by atoms with E-state index in [1.807, 2.05) is 38.1 Å². The van der Waals surface area contributed by atoms with Crippen molar-refractivity contribution in [3.63, 3.8) is 0 Å². The number of ether oxygens (including phenoxy) is 3. The predicted octanol–water partition coefficient (Wildman–Crippen LogP) is 3.78. The van der Waals surface area contributed by atoms with E-state index in [2.05, 4.69) is 24.9 Å². The van der Waals surface area contributed by atoms with E-state index in [1.165, 1.54) is 6.20 Å². The topological polar surface area (TPSA) is 132 Å². The van der Waals surface area contributed by atoms with Crippen LogP contribution in [0.2, 0.25) is 0 Å². The molecule has 0 amide bonds. The Bertz CT molecular complexity index is 1380. The van der Waals surface area contributed by atoms with Crippen LogP contribution < -0.4 is 9.47 Å². The van der Waals surface area contributed by atoms with Gasteiger partial charge in [0.1, 0.15) is 17.6 Å². The largest absolute Gasteiger partial charge is 0.488 e. The van der Waals surface area contributed by atoms with Crippen LogP contribution in [-0.4, -0.2) is 59.4 Å². The number of aryl methyl sites for hydroxylation is 1. The fraction of sp³-hybridized carbons (Fsp3) is 0.261. The summed E-state index contributed by atoms with van der Waals surface area (Å²) in [4.78, 5) is 18.9. The summed E-state index contributed by atoms with van der Waals surface area (Å²) in [5, 5.41) is -0.127. The number of hydrogen-bond acceptors (Lipinski definition) is 8. The first kappa shape index (κ1) is 23.5. The van der Waals surface area contributed by atoms with E-state index in [9.17, 15) is 8.42 Å². The number of methoxy groups -OCH3 is 1. The molecule has 2 N–H and O–H groups in total. The molecule has 4 rings (SSSR count). The monoisotopic (exact) mass is 483 g/mol. The molecule has 0 spiro atoms. The molecule has 0 fully saturated rings. The summed E-state index contributed by atoms with van der Waals surface area (Å²) >= 11 is 0. The molecule has 0 unspecified atom stereocenters. The van der Waals surface area contributed by atoms with Crippen molar-refractivity contribution in [3.8, 4) is 40.2 Å². The zero-order chi connectivity index (χ0) is 24.3. The Balaban J connectivity index is 1.66. The lowest BCUT2D eigenvalue weighted by atomic mass is 10.1. The highest BCUT2D eigenvalue weighted by Crippen LogP contribution is 2.33. The van der Waals surface area contributed by atoms with Crippen LogP contribution in [0.15, 0.2) is 53.9 Å². The zero-order valence-electron chi connectivity index (χ0n) is 19.2. The smallest absolute Gasteiger partial charge is 0.237 e. The molecule has 0 bridgehead atoms. The van der Waals surface area contributed by atoms with Crippen molar-refractivity contribution in [3.05, 3.63) is 54.6 Å². The fourth-order valence-electron chi connectivity index (χ4n) is 3.28. The number of imidazole rings is 1. The first-order valence-electron chi connectivity index (χ1n) is 10.4. The minimum absolute atomic E-state index is 0.127. The molecule has 0 radical (unpaired) electrons. The molecule has 0 aliphatic carbocycles. The van der Waals surface area contributed by atoms with E-state index in [0.29, 0.717) is 18.1 Å². The average Bonchev–Trinajstić information content (AvgIpc) is 3.43. The van der Waals surface area contributed by atoms with Gasteiger partial charge in [0, 0.05) is 42.6 Å². The molecular formula is C23H25N5O5S. The van der Waals surface area contributed by atoms with Gasteiger partial charge in [-0.15, -0.1) is 0 Å². The highest BCUT2D eigenvalue weighted by atomic mass is 32.2. The molecule has 4 aromatic rings. The van der Waals surface area contributed by atoms with Crippen molar-refractivity contribution in [1.82, 2.24) is 24.9 Å². The molecule has 11 heteroatoms. The third-order valence-corrected chi connectivity index (χ3v) is 5.75. The van der Waals surface area contributed by atoms with Gasteiger partial charge in [0.25, 0.3) is 0 Å². The Labute approximate surface area is 197 Å². The Morgan fingerprint density at radius 2 is 1.74 bits per heavy atom. The van der Waals surface area contributed by atoms with Crippen molar-refractivity contribution < 1.29 is 22.6 Å². The van der Waals surface area contributed by atoms with E-state index < -0.39 is 9.84 Å². The Hall–Kier alpha value is -3.70. The first-order chi connectivity index (χ1) is 16.2. The molecule has 3 aromatic heterocycles. The third kappa shape index (κ3) is 5.61.